The van der Waals surface area contributed by atoms with Crippen molar-refractivity contribution in [3.63, 3.8) is 0 Å². The molecular formula is C20H22N2O3S2. The summed E-state index contributed by atoms with van der Waals surface area (Å²) in [5, 5.41) is 9.11. The predicted octanol–water partition coefficient (Wildman–Crippen LogP) is 4.63. The molecule has 3 heterocycles. The van der Waals surface area contributed by atoms with Crippen LogP contribution in [0.5, 0.6) is 17.2 Å². The number of nitrogens with one attached hydrogen (secondary N) is 1. The number of hydrogen-bond acceptors (Lipinski definition) is 7. The molecule has 0 bridgehead atoms. The molecule has 0 spiro atoms. The van der Waals surface area contributed by atoms with Crippen molar-refractivity contribution in [2.24, 2.45) is 0 Å². The summed E-state index contributed by atoms with van der Waals surface area (Å²) in [6, 6.07) is 6.21. The highest BCUT2D eigenvalue weighted by atomic mass is 32.1. The lowest BCUT2D eigenvalue weighted by Gasteiger charge is -2.18. The van der Waals surface area contributed by atoms with Gasteiger partial charge in [-0.3, -0.25) is 0 Å². The van der Waals surface area contributed by atoms with Crippen molar-refractivity contribution in [3.8, 4) is 17.2 Å². The molecule has 0 saturated carbocycles. The van der Waals surface area contributed by atoms with Gasteiger partial charge in [-0.05, 0) is 48.7 Å². The highest BCUT2D eigenvalue weighted by molar-refractivity contribution is 7.11. The highest BCUT2D eigenvalue weighted by Crippen LogP contribution is 2.38. The van der Waals surface area contributed by atoms with Gasteiger partial charge in [0, 0.05) is 23.1 Å². The number of methoxy groups -OCH3 is 1. The summed E-state index contributed by atoms with van der Waals surface area (Å²) in [4.78, 5) is 6.05. The number of nitrogens with zero attached hydrogens (tertiary/aromatic N) is 1. The second-order valence-corrected chi connectivity index (χ2v) is 8.50. The molecule has 1 aliphatic heterocycles. The maximum Gasteiger partial charge on any atom is 0.231 e. The van der Waals surface area contributed by atoms with E-state index in [1.807, 2.05) is 12.1 Å². The smallest absolute Gasteiger partial charge is 0.231 e. The fraction of sp³-hybridized carbons (Fsp3) is 0.350. The Kier molecular flexibility index (Phi) is 5.33. The lowest BCUT2D eigenvalue weighted by atomic mass is 10.1. The van der Waals surface area contributed by atoms with Gasteiger partial charge in [0.2, 0.25) is 6.79 Å². The van der Waals surface area contributed by atoms with Crippen molar-refractivity contribution in [2.75, 3.05) is 13.9 Å². The van der Waals surface area contributed by atoms with Crippen molar-refractivity contribution in [1.82, 2.24) is 10.3 Å². The van der Waals surface area contributed by atoms with Crippen LogP contribution in [0.4, 0.5) is 0 Å². The maximum absolute atomic E-state index is 5.55. The average molecular weight is 403 g/mol. The van der Waals surface area contributed by atoms with Gasteiger partial charge in [0.15, 0.2) is 11.5 Å². The van der Waals surface area contributed by atoms with Crippen LogP contribution in [-0.2, 0) is 13.0 Å². The molecule has 4 rings (SSSR count). The first-order valence-corrected chi connectivity index (χ1v) is 10.5. The van der Waals surface area contributed by atoms with E-state index < -0.39 is 0 Å². The van der Waals surface area contributed by atoms with Gasteiger partial charge in [0.1, 0.15) is 10.8 Å². The summed E-state index contributed by atoms with van der Waals surface area (Å²) in [6.07, 6.45) is 0.906. The van der Waals surface area contributed by atoms with Gasteiger partial charge in [-0.25, -0.2) is 4.98 Å². The molecule has 1 unspecified atom stereocenters. The Morgan fingerprint density at radius 2 is 2.07 bits per heavy atom. The third-order valence-corrected chi connectivity index (χ3v) is 6.60. The lowest BCUT2D eigenvalue weighted by molar-refractivity contribution is 0.174. The number of thiophene rings is 1. The van der Waals surface area contributed by atoms with Crippen LogP contribution in [0.15, 0.2) is 29.0 Å². The number of aromatic nitrogens is 1. The number of hydrogen-bond donors (Lipinski definition) is 1. The van der Waals surface area contributed by atoms with E-state index in [9.17, 15) is 0 Å². The zero-order valence-electron chi connectivity index (χ0n) is 15.6. The monoisotopic (exact) mass is 402 g/mol. The Bertz CT molecular complexity index is 902. The SMILES string of the molecule is COc1cc2c(cc1CNC(Cc1ccsc1)c1nc(C)c(C)s1)OCO2. The largest absolute Gasteiger partial charge is 0.496 e. The molecule has 1 aromatic carbocycles. The molecule has 1 N–H and O–H groups in total. The second kappa shape index (κ2) is 7.88. The van der Waals surface area contributed by atoms with Crippen molar-refractivity contribution < 1.29 is 14.2 Å². The number of benzene rings is 1. The molecular weight excluding hydrogens is 380 g/mol. The molecule has 0 fully saturated rings. The Hall–Kier alpha value is -2.09. The Labute approximate surface area is 166 Å². The van der Waals surface area contributed by atoms with Crippen LogP contribution in [0, 0.1) is 13.8 Å². The second-order valence-electron chi connectivity index (χ2n) is 6.48. The van der Waals surface area contributed by atoms with Crippen molar-refractivity contribution in [3.05, 3.63) is 55.7 Å². The van der Waals surface area contributed by atoms with Crippen molar-refractivity contribution in [1.29, 1.82) is 0 Å². The zero-order chi connectivity index (χ0) is 18.8. The van der Waals surface area contributed by atoms with Gasteiger partial charge in [0.05, 0.1) is 18.8 Å². The van der Waals surface area contributed by atoms with Gasteiger partial charge in [-0.1, -0.05) is 0 Å². The molecule has 27 heavy (non-hydrogen) atoms. The van der Waals surface area contributed by atoms with Crippen LogP contribution in [0.1, 0.15) is 32.7 Å². The minimum atomic E-state index is 0.145. The molecule has 7 heteroatoms. The molecule has 1 aliphatic rings. The van der Waals surface area contributed by atoms with Crippen LogP contribution in [-0.4, -0.2) is 18.9 Å². The normalized spacial score (nSPS) is 13.7. The molecule has 5 nitrogen and oxygen atoms in total. The minimum absolute atomic E-state index is 0.145. The lowest BCUT2D eigenvalue weighted by Crippen LogP contribution is -2.23. The van der Waals surface area contributed by atoms with Gasteiger partial charge < -0.3 is 19.5 Å². The Morgan fingerprint density at radius 3 is 2.74 bits per heavy atom. The number of rotatable bonds is 7. The Balaban J connectivity index is 1.56. The van der Waals surface area contributed by atoms with E-state index >= 15 is 0 Å². The summed E-state index contributed by atoms with van der Waals surface area (Å²) < 4.78 is 16.5. The van der Waals surface area contributed by atoms with Crippen LogP contribution in [0.2, 0.25) is 0 Å². The fourth-order valence-electron chi connectivity index (χ4n) is 3.06. The third kappa shape index (κ3) is 3.95. The van der Waals surface area contributed by atoms with Crippen molar-refractivity contribution >= 4 is 22.7 Å². The molecule has 2 aromatic heterocycles. The predicted molar refractivity (Wildman–Crippen MR) is 108 cm³/mol. The minimum Gasteiger partial charge on any atom is -0.496 e. The summed E-state index contributed by atoms with van der Waals surface area (Å²) >= 11 is 3.49. The van der Waals surface area contributed by atoms with Crippen LogP contribution in [0.3, 0.4) is 0 Å². The van der Waals surface area contributed by atoms with Crippen LogP contribution >= 0.6 is 22.7 Å². The fourth-order valence-corrected chi connectivity index (χ4v) is 4.74. The molecule has 0 saturated heterocycles. The van der Waals surface area contributed by atoms with E-state index in [0.717, 1.165) is 39.9 Å². The summed E-state index contributed by atoms with van der Waals surface area (Å²) in [5.74, 6) is 2.30. The van der Waals surface area contributed by atoms with Gasteiger partial charge in [0.25, 0.3) is 0 Å². The van der Waals surface area contributed by atoms with E-state index in [-0.39, 0.29) is 12.8 Å². The van der Waals surface area contributed by atoms with Gasteiger partial charge in [-0.15, -0.1) is 11.3 Å². The standard InChI is InChI=1S/C20H22N2O3S2/c1-12-13(2)27-20(22-12)16(6-14-4-5-26-10-14)21-9-15-7-18-19(25-11-24-18)8-17(15)23-3/h4-5,7-8,10,16,21H,6,9,11H2,1-3H3. The number of fused-ring (bicyclic) bond motifs is 1. The van der Waals surface area contributed by atoms with E-state index in [0.29, 0.717) is 6.54 Å². The number of aryl methyl sites for hydroxylation is 2. The molecule has 0 radical (unpaired) electrons. The average Bonchev–Trinajstić information content (AvgIpc) is 3.40. The van der Waals surface area contributed by atoms with E-state index in [1.165, 1.54) is 10.4 Å². The van der Waals surface area contributed by atoms with Crippen molar-refractivity contribution in [2.45, 2.75) is 32.9 Å². The molecule has 1 atom stereocenters. The first kappa shape index (κ1) is 18.3. The van der Waals surface area contributed by atoms with Gasteiger partial charge in [-0.2, -0.15) is 11.3 Å². The molecule has 0 amide bonds. The van der Waals surface area contributed by atoms with E-state index in [4.69, 9.17) is 19.2 Å². The number of thiazole rings is 1. The third-order valence-electron chi connectivity index (χ3n) is 4.68. The molecule has 142 valence electrons. The summed E-state index contributed by atoms with van der Waals surface area (Å²) in [6.45, 7) is 5.11. The first-order chi connectivity index (χ1) is 13.1. The highest BCUT2D eigenvalue weighted by Gasteiger charge is 2.21. The topological polar surface area (TPSA) is 52.6 Å². The Morgan fingerprint density at radius 1 is 1.26 bits per heavy atom. The van der Waals surface area contributed by atoms with Crippen LogP contribution < -0.4 is 19.5 Å². The zero-order valence-corrected chi connectivity index (χ0v) is 17.2. The molecule has 0 aliphatic carbocycles. The summed E-state index contributed by atoms with van der Waals surface area (Å²) in [7, 11) is 1.68. The number of ether oxygens (including phenoxy) is 3. The quantitative estimate of drug-likeness (QED) is 0.624. The summed E-state index contributed by atoms with van der Waals surface area (Å²) in [5.41, 5.74) is 3.47. The maximum atomic E-state index is 5.55. The molecule has 3 aromatic rings. The van der Waals surface area contributed by atoms with Gasteiger partial charge >= 0.3 is 0 Å². The van der Waals surface area contributed by atoms with Crippen LogP contribution in [0.25, 0.3) is 0 Å². The van der Waals surface area contributed by atoms with E-state index in [2.05, 4.69) is 36.0 Å². The first-order valence-electron chi connectivity index (χ1n) is 8.79. The van der Waals surface area contributed by atoms with E-state index in [1.54, 1.807) is 29.8 Å².